The summed E-state index contributed by atoms with van der Waals surface area (Å²) in [5, 5.41) is 10.5. The smallest absolute Gasteiger partial charge is 0.870 e. The van der Waals surface area contributed by atoms with E-state index in [0.717, 1.165) is 30.7 Å². The Kier molecular flexibility index (Phi) is 8.79. The van der Waals surface area contributed by atoms with Crippen molar-refractivity contribution >= 4 is 55.3 Å². The number of H-pyrrole nitrogens is 2. The molecule has 12 heteroatoms. The maximum Gasteiger partial charge on any atom is 1.00 e. The van der Waals surface area contributed by atoms with Crippen LogP contribution in [0, 0.1) is 13.8 Å². The van der Waals surface area contributed by atoms with Crippen molar-refractivity contribution in [2.75, 3.05) is 6.61 Å². The molecule has 4 aromatic rings. The van der Waals surface area contributed by atoms with Crippen LogP contribution in [0.5, 0.6) is 0 Å². The first-order valence-corrected chi connectivity index (χ1v) is 9.33. The van der Waals surface area contributed by atoms with Crippen LogP contribution < -0.4 is 29.6 Å². The Morgan fingerprint density at radius 3 is 1.93 bits per heavy atom. The van der Waals surface area contributed by atoms with Gasteiger partial charge >= 0.3 is 41.5 Å². The second kappa shape index (κ2) is 10.1. The van der Waals surface area contributed by atoms with E-state index in [1.807, 2.05) is 13.8 Å². The third-order valence-corrected chi connectivity index (χ3v) is 5.11. The van der Waals surface area contributed by atoms with Gasteiger partial charge in [0.1, 0.15) is 32.1 Å². The topological polar surface area (TPSA) is 151 Å². The number of hydrogen-bond donors (Lipinski definition) is 3. The van der Waals surface area contributed by atoms with Crippen LogP contribution in [0.1, 0.15) is 37.9 Å². The molecular weight excluding hydrogens is 415 g/mol. The average Bonchev–Trinajstić information content (AvgIpc) is 3.26. The van der Waals surface area contributed by atoms with Crippen molar-refractivity contribution in [3.05, 3.63) is 33.5 Å². The number of aromatic nitrogens is 4. The Morgan fingerprint density at radius 2 is 1.50 bits per heavy atom. The van der Waals surface area contributed by atoms with Crippen molar-refractivity contribution in [2.24, 2.45) is 0 Å². The minimum Gasteiger partial charge on any atom is -0.870 e. The molecular formula is C16H17N4NaO5S2. The first-order valence-electron chi connectivity index (χ1n) is 7.70. The summed E-state index contributed by atoms with van der Waals surface area (Å²) in [7, 11) is 0. The van der Waals surface area contributed by atoms with Crippen LogP contribution in [-0.2, 0) is 4.74 Å². The number of aromatic carboxylic acids is 1. The quantitative estimate of drug-likeness (QED) is 0.316. The van der Waals surface area contributed by atoms with E-state index in [1.54, 1.807) is 19.1 Å². The van der Waals surface area contributed by atoms with E-state index in [4.69, 9.17) is 9.84 Å². The molecule has 144 valence electrons. The Bertz CT molecular complexity index is 1030. The molecule has 0 aromatic carbocycles. The molecule has 0 spiro atoms. The molecule has 0 unspecified atom stereocenters. The fourth-order valence-electron chi connectivity index (χ4n) is 2.29. The van der Waals surface area contributed by atoms with Gasteiger partial charge in [0.15, 0.2) is 0 Å². The van der Waals surface area contributed by atoms with Crippen molar-refractivity contribution in [1.82, 2.24) is 19.9 Å². The van der Waals surface area contributed by atoms with E-state index in [9.17, 15) is 9.59 Å². The van der Waals surface area contributed by atoms with Crippen molar-refractivity contribution in [3.8, 4) is 0 Å². The second-order valence-electron chi connectivity index (χ2n) is 5.29. The minimum atomic E-state index is -0.946. The molecule has 0 bridgehead atoms. The van der Waals surface area contributed by atoms with E-state index >= 15 is 0 Å². The van der Waals surface area contributed by atoms with Crippen molar-refractivity contribution in [3.63, 3.8) is 0 Å². The number of carboxylic acid groups (broad SMARTS) is 1. The minimum absolute atomic E-state index is 0. The standard InChI is InChI=1S/C9H10N2O2S.C7H6N2O2S.Na.H2O/c1-3-13-9(12)7-4-6-8(11-7)14-5(2)10-6;1-3-8-4-2-5(7(10)11)9-6(4)12-3;;/h4,11H,3H2,1-2H3;2,9H,1H3,(H,10,11);;1H2/q;;+1;/p-1. The number of hydrogen-bond acceptors (Lipinski definition) is 8. The van der Waals surface area contributed by atoms with Crippen LogP contribution in [0.15, 0.2) is 12.1 Å². The number of nitrogens with zero attached hydrogens (tertiary/aromatic N) is 2. The number of carboxylic acids is 1. The van der Waals surface area contributed by atoms with E-state index in [1.165, 1.54) is 22.7 Å². The molecule has 0 saturated heterocycles. The molecule has 28 heavy (non-hydrogen) atoms. The number of ether oxygens (including phenoxy) is 1. The molecule has 0 aliphatic carbocycles. The largest absolute Gasteiger partial charge is 1.00 e. The molecule has 0 atom stereocenters. The van der Waals surface area contributed by atoms with Gasteiger partial charge in [-0.1, -0.05) is 0 Å². The third-order valence-electron chi connectivity index (χ3n) is 3.30. The molecule has 4 N–H and O–H groups in total. The number of aryl methyl sites for hydroxylation is 2. The molecule has 0 aliphatic heterocycles. The predicted molar refractivity (Wildman–Crippen MR) is 102 cm³/mol. The van der Waals surface area contributed by atoms with E-state index in [2.05, 4.69) is 19.9 Å². The summed E-state index contributed by atoms with van der Waals surface area (Å²) < 4.78 is 4.86. The van der Waals surface area contributed by atoms with Gasteiger partial charge in [-0.05, 0) is 32.9 Å². The number of carbonyl (C=O) groups excluding carboxylic acids is 1. The Morgan fingerprint density at radius 1 is 1.04 bits per heavy atom. The van der Waals surface area contributed by atoms with Gasteiger partial charge in [-0.15, -0.1) is 22.7 Å². The zero-order valence-corrected chi connectivity index (χ0v) is 19.3. The summed E-state index contributed by atoms with van der Waals surface area (Å²) in [6.07, 6.45) is 0. The van der Waals surface area contributed by atoms with Gasteiger partial charge in [0.25, 0.3) is 0 Å². The van der Waals surface area contributed by atoms with Crippen molar-refractivity contribution in [2.45, 2.75) is 20.8 Å². The van der Waals surface area contributed by atoms with Crippen LogP contribution in [0.3, 0.4) is 0 Å². The molecule has 4 rings (SSSR count). The predicted octanol–water partition coefficient (Wildman–Crippen LogP) is 0.568. The van der Waals surface area contributed by atoms with E-state index < -0.39 is 5.97 Å². The average molecular weight is 432 g/mol. The molecule has 0 saturated carbocycles. The number of rotatable bonds is 3. The van der Waals surface area contributed by atoms with Crippen molar-refractivity contribution < 1.29 is 54.5 Å². The number of esters is 1. The third kappa shape index (κ3) is 5.40. The Balaban J connectivity index is 0.000000264. The first kappa shape index (κ1) is 24.3. The zero-order valence-electron chi connectivity index (χ0n) is 15.7. The molecule has 4 heterocycles. The second-order valence-corrected chi connectivity index (χ2v) is 7.69. The number of fused-ring (bicyclic) bond motifs is 2. The van der Waals surface area contributed by atoms with Gasteiger partial charge < -0.3 is 25.3 Å². The van der Waals surface area contributed by atoms with Gasteiger partial charge in [0.05, 0.1) is 16.6 Å². The summed E-state index contributed by atoms with van der Waals surface area (Å²) in [6.45, 7) is 5.99. The van der Waals surface area contributed by atoms with Crippen LogP contribution in [0.2, 0.25) is 0 Å². The maximum atomic E-state index is 11.3. The summed E-state index contributed by atoms with van der Waals surface area (Å²) in [6, 6.07) is 3.26. The van der Waals surface area contributed by atoms with E-state index in [0.29, 0.717) is 12.3 Å². The van der Waals surface area contributed by atoms with Crippen LogP contribution in [-0.4, -0.2) is 49.1 Å². The van der Waals surface area contributed by atoms with Gasteiger partial charge in [-0.2, -0.15) is 0 Å². The summed E-state index contributed by atoms with van der Waals surface area (Å²) in [5.74, 6) is -1.27. The monoisotopic (exact) mass is 432 g/mol. The van der Waals surface area contributed by atoms with Crippen molar-refractivity contribution in [1.29, 1.82) is 0 Å². The Labute approximate surface area is 189 Å². The molecule has 9 nitrogen and oxygen atoms in total. The fourth-order valence-corrected chi connectivity index (χ4v) is 3.90. The molecule has 0 amide bonds. The summed E-state index contributed by atoms with van der Waals surface area (Å²) in [5.41, 5.74) is 2.23. The summed E-state index contributed by atoms with van der Waals surface area (Å²) >= 11 is 2.99. The van der Waals surface area contributed by atoms with Crippen LogP contribution >= 0.6 is 22.7 Å². The van der Waals surface area contributed by atoms with Gasteiger partial charge in [0, 0.05) is 0 Å². The number of thiazole rings is 2. The first-order chi connectivity index (χ1) is 12.4. The fraction of sp³-hybridized carbons (Fsp3) is 0.250. The molecule has 0 aliphatic rings. The number of aromatic amines is 2. The molecule has 0 fully saturated rings. The van der Waals surface area contributed by atoms with Crippen LogP contribution in [0.4, 0.5) is 0 Å². The SMILES string of the molecule is CCOC(=O)c1cc2nc(C)sc2[nH]1.Cc1nc2cc(C(=O)O)[nH]c2s1.[Na+].[OH-]. The van der Waals surface area contributed by atoms with Gasteiger partial charge in [-0.3, -0.25) is 0 Å². The number of nitrogens with one attached hydrogen (secondary N) is 2. The van der Waals surface area contributed by atoms with Gasteiger partial charge in [0.2, 0.25) is 0 Å². The Hall–Kier alpha value is -1.76. The maximum absolute atomic E-state index is 11.3. The molecule has 0 radical (unpaired) electrons. The summed E-state index contributed by atoms with van der Waals surface area (Å²) in [4.78, 5) is 37.7. The zero-order chi connectivity index (χ0) is 18.8. The molecule has 4 aromatic heterocycles. The van der Waals surface area contributed by atoms with Gasteiger partial charge in [-0.25, -0.2) is 19.6 Å². The van der Waals surface area contributed by atoms with Crippen LogP contribution in [0.25, 0.3) is 20.7 Å². The normalized spacial score (nSPS) is 9.96. The number of carbonyl (C=O) groups is 2. The van der Waals surface area contributed by atoms with E-state index in [-0.39, 0.29) is 46.7 Å².